The lowest BCUT2D eigenvalue weighted by molar-refractivity contribution is -0.192. The molecule has 7 atom stereocenters. The van der Waals surface area contributed by atoms with Gasteiger partial charge in [-0.2, -0.15) is 0 Å². The lowest BCUT2D eigenvalue weighted by atomic mass is 9.50. The van der Waals surface area contributed by atoms with Gasteiger partial charge >= 0.3 is 0 Å². The van der Waals surface area contributed by atoms with Crippen LogP contribution in [0.1, 0.15) is 15.9 Å². The Balaban J connectivity index is 1.71. The van der Waals surface area contributed by atoms with Gasteiger partial charge in [-0.3, -0.25) is 33.9 Å². The first-order chi connectivity index (χ1) is 17.8. The Morgan fingerprint density at radius 1 is 1.08 bits per heavy atom. The fourth-order valence-corrected chi connectivity index (χ4v) is 6.34. The number of phenols is 1. The number of likely N-dealkylation sites (N-methyl/N-ethyl adjacent to an activating group) is 1. The fourth-order valence-electron chi connectivity index (χ4n) is 6.34. The van der Waals surface area contributed by atoms with E-state index < -0.39 is 76.2 Å². The molecule has 2 saturated carbocycles. The van der Waals surface area contributed by atoms with E-state index in [-0.39, 0.29) is 22.3 Å². The Hall–Kier alpha value is -4.06. The van der Waals surface area contributed by atoms with Crippen molar-refractivity contribution < 1.29 is 39.3 Å². The van der Waals surface area contributed by atoms with Crippen LogP contribution in [0, 0.1) is 23.7 Å². The molecule has 2 unspecified atom stereocenters. The highest BCUT2D eigenvalue weighted by Gasteiger charge is 2.72. The summed E-state index contributed by atoms with van der Waals surface area (Å²) in [6.07, 6.45) is -0.271. The van der Waals surface area contributed by atoms with Gasteiger partial charge in [-0.1, -0.05) is 18.7 Å². The predicted molar refractivity (Wildman–Crippen MR) is 131 cm³/mol. The summed E-state index contributed by atoms with van der Waals surface area (Å²) in [4.78, 5) is 71.8. The number of aromatic nitrogens is 1. The smallest absolute Gasteiger partial charge is 0.235 e. The van der Waals surface area contributed by atoms with Crippen molar-refractivity contribution in [2.24, 2.45) is 29.4 Å². The Morgan fingerprint density at radius 2 is 1.74 bits per heavy atom. The third kappa shape index (κ3) is 3.12. The first-order valence-corrected chi connectivity index (χ1v) is 11.8. The highest BCUT2D eigenvalue weighted by Crippen LogP contribution is 2.54. The average molecular weight is 520 g/mol. The van der Waals surface area contributed by atoms with Crippen molar-refractivity contribution in [3.63, 3.8) is 0 Å². The van der Waals surface area contributed by atoms with Crippen LogP contribution in [0.25, 0.3) is 16.8 Å². The number of nitrogens with two attached hydrogens (primary N) is 1. The maximum Gasteiger partial charge on any atom is 0.235 e. The first-order valence-electron chi connectivity index (χ1n) is 11.8. The number of Topliss-reactive ketones (excluding diaryl/α,β-unsaturated/α-hetero) is 4. The maximum atomic E-state index is 13.9. The second-order valence-electron chi connectivity index (χ2n) is 10.1. The first kappa shape index (κ1) is 25.6. The number of ketones is 4. The summed E-state index contributed by atoms with van der Waals surface area (Å²) in [5.41, 5.74) is 2.81. The molecule has 2 aromatic rings. The summed E-state index contributed by atoms with van der Waals surface area (Å²) in [7, 11) is 2.85. The molecule has 196 valence electrons. The quantitative estimate of drug-likeness (QED) is 0.380. The second-order valence-corrected chi connectivity index (χ2v) is 10.1. The molecule has 1 heterocycles. The summed E-state index contributed by atoms with van der Waals surface area (Å²) < 4.78 is 0. The normalized spacial score (nSPS) is 32.6. The van der Waals surface area contributed by atoms with Crippen molar-refractivity contribution in [1.29, 1.82) is 0 Å². The minimum atomic E-state index is -3.06. The van der Waals surface area contributed by atoms with Crippen molar-refractivity contribution in [3.05, 3.63) is 54.2 Å². The van der Waals surface area contributed by atoms with Crippen molar-refractivity contribution in [1.82, 2.24) is 9.88 Å². The Bertz CT molecular complexity index is 1450. The molecule has 5 N–H and O–H groups in total. The number of rotatable bonds is 3. The molecule has 5 rings (SSSR count). The van der Waals surface area contributed by atoms with E-state index in [4.69, 9.17) is 5.73 Å². The topological polar surface area (TPSA) is 188 Å². The van der Waals surface area contributed by atoms with Crippen molar-refractivity contribution in [2.75, 3.05) is 14.1 Å². The highest BCUT2D eigenvalue weighted by atomic mass is 16.3. The molecule has 3 aliphatic rings. The zero-order chi connectivity index (χ0) is 27.8. The lowest BCUT2D eigenvalue weighted by Gasteiger charge is -2.55. The molecular formula is C27H25N3O8. The van der Waals surface area contributed by atoms with E-state index in [0.29, 0.717) is 5.69 Å². The van der Waals surface area contributed by atoms with E-state index in [2.05, 4.69) is 11.6 Å². The number of fused-ring (bicyclic) bond motifs is 3. The zero-order valence-electron chi connectivity index (χ0n) is 20.5. The van der Waals surface area contributed by atoms with E-state index in [1.807, 2.05) is 0 Å². The number of hydrogen-bond donors (Lipinski definition) is 4. The predicted octanol–water partition coefficient (Wildman–Crippen LogP) is -0.629. The fraction of sp³-hybridized carbons (Fsp3) is 0.333. The third-order valence-electron chi connectivity index (χ3n) is 8.03. The van der Waals surface area contributed by atoms with Gasteiger partial charge in [0.05, 0.1) is 35.2 Å². The van der Waals surface area contributed by atoms with Crippen molar-refractivity contribution in [2.45, 2.75) is 17.7 Å². The molecule has 0 radical (unpaired) electrons. The molecule has 38 heavy (non-hydrogen) atoms. The van der Waals surface area contributed by atoms with E-state index in [9.17, 15) is 39.3 Å². The van der Waals surface area contributed by atoms with Crippen LogP contribution in [0.5, 0.6) is 5.75 Å². The van der Waals surface area contributed by atoms with Gasteiger partial charge in [-0.25, -0.2) is 0 Å². The molecule has 1 aromatic carbocycles. The highest BCUT2D eigenvalue weighted by molar-refractivity contribution is 6.33. The van der Waals surface area contributed by atoms with Crippen LogP contribution in [0.2, 0.25) is 0 Å². The van der Waals surface area contributed by atoms with Gasteiger partial charge in [-0.15, -0.1) is 0 Å². The van der Waals surface area contributed by atoms with E-state index in [0.717, 1.165) is 0 Å². The van der Waals surface area contributed by atoms with Gasteiger partial charge in [0, 0.05) is 17.7 Å². The van der Waals surface area contributed by atoms with E-state index in [1.165, 1.54) is 37.3 Å². The molecule has 0 saturated heterocycles. The van der Waals surface area contributed by atoms with Crippen LogP contribution < -0.4 is 5.73 Å². The van der Waals surface area contributed by atoms with Crippen LogP contribution in [0.4, 0.5) is 0 Å². The Kier molecular flexibility index (Phi) is 5.71. The number of phenolic OH excluding ortho intramolecular Hbond substituents is 1. The molecule has 2 fully saturated rings. The SMILES string of the molecule is C=C1c2ccc(-c3ccccn3)c(O)c2C(=O)C2C(=O)[C@]3(O)C(=O)C(C(N)=O)C(=O)[C@@H](N(C)C)[C@@H]3[C@@H](O)[C@H]12. The Morgan fingerprint density at radius 3 is 2.32 bits per heavy atom. The molecule has 11 heteroatoms. The number of amides is 1. The average Bonchev–Trinajstić information content (AvgIpc) is 2.86. The van der Waals surface area contributed by atoms with Gasteiger partial charge in [0.15, 0.2) is 34.7 Å². The number of aromatic hydroxyl groups is 1. The minimum absolute atomic E-state index is 0.116. The summed E-state index contributed by atoms with van der Waals surface area (Å²) in [5, 5.41) is 34.3. The standard InChI is InChI=1S/C27H25N3O8/c1-10-11-7-8-12(13-6-4-5-9-29-13)20(31)15(11)21(32)16-14(10)22(33)18-19(30(2)3)23(34)17(26(28)37)25(36)27(18,38)24(16)35/h4-9,14,16-19,22,31,33,38H,1H2,2-3H3,(H2,28,37)/t14-,16?,17?,18-,19+,22+,27+/m1/s1. The van der Waals surface area contributed by atoms with Crippen molar-refractivity contribution >= 4 is 34.6 Å². The summed E-state index contributed by atoms with van der Waals surface area (Å²) in [5.74, 6) is -13.5. The van der Waals surface area contributed by atoms with Crippen LogP contribution in [-0.2, 0) is 19.2 Å². The minimum Gasteiger partial charge on any atom is -0.506 e. The van der Waals surface area contributed by atoms with Gasteiger partial charge in [0.2, 0.25) is 5.91 Å². The molecule has 1 amide bonds. The summed E-state index contributed by atoms with van der Waals surface area (Å²) in [6.45, 7) is 3.98. The number of carbonyl (C=O) groups is 5. The van der Waals surface area contributed by atoms with Gasteiger partial charge in [0.25, 0.3) is 0 Å². The summed E-state index contributed by atoms with van der Waals surface area (Å²) in [6, 6.07) is 6.55. The number of aliphatic hydroxyl groups excluding tert-OH is 1. The van der Waals surface area contributed by atoms with E-state index in [1.54, 1.807) is 18.2 Å². The number of pyridine rings is 1. The molecule has 0 bridgehead atoms. The maximum absolute atomic E-state index is 13.9. The third-order valence-corrected chi connectivity index (χ3v) is 8.03. The van der Waals surface area contributed by atoms with Gasteiger partial charge in [-0.05, 0) is 43.4 Å². The number of carbonyl (C=O) groups excluding carboxylic acids is 5. The van der Waals surface area contributed by atoms with Crippen LogP contribution in [0.15, 0.2) is 43.1 Å². The number of primary amides is 1. The number of benzene rings is 1. The van der Waals surface area contributed by atoms with Gasteiger partial charge in [0.1, 0.15) is 5.75 Å². The van der Waals surface area contributed by atoms with Crippen LogP contribution in [-0.4, -0.2) is 86.1 Å². The van der Waals surface area contributed by atoms with Crippen LogP contribution >= 0.6 is 0 Å². The van der Waals surface area contributed by atoms with Crippen LogP contribution in [0.3, 0.4) is 0 Å². The second kappa shape index (κ2) is 8.48. The molecule has 1 aromatic heterocycles. The number of nitrogens with zero attached hydrogens (tertiary/aromatic N) is 2. The monoisotopic (exact) mass is 519 g/mol. The van der Waals surface area contributed by atoms with Crippen molar-refractivity contribution in [3.8, 4) is 17.0 Å². The molecule has 0 spiro atoms. The van der Waals surface area contributed by atoms with E-state index >= 15 is 0 Å². The molecular weight excluding hydrogens is 494 g/mol. The number of hydrogen-bond acceptors (Lipinski definition) is 10. The Labute approximate surface area is 216 Å². The molecule has 0 aliphatic heterocycles. The zero-order valence-corrected chi connectivity index (χ0v) is 20.5. The largest absolute Gasteiger partial charge is 0.506 e. The number of aliphatic hydroxyl groups is 2. The molecule has 3 aliphatic carbocycles. The summed E-state index contributed by atoms with van der Waals surface area (Å²) >= 11 is 0. The van der Waals surface area contributed by atoms with Gasteiger partial charge < -0.3 is 21.1 Å². The molecule has 11 nitrogen and oxygen atoms in total. The lowest BCUT2D eigenvalue weighted by Crippen LogP contribution is -2.77.